The summed E-state index contributed by atoms with van der Waals surface area (Å²) >= 11 is 0. The number of aryl methyl sites for hydroxylation is 1. The number of rotatable bonds is 3. The molecule has 0 aliphatic carbocycles. The first kappa shape index (κ1) is 11.4. The normalized spacial score (nSPS) is 14.1. The summed E-state index contributed by atoms with van der Waals surface area (Å²) in [6, 6.07) is 10.3. The lowest BCUT2D eigenvalue weighted by Crippen LogP contribution is -2.07. The maximum atomic E-state index is 5.80. The number of ether oxygens (including phenoxy) is 1. The number of nitrogens with one attached hydrogen (secondary N) is 1. The third-order valence-corrected chi connectivity index (χ3v) is 3.21. The van der Waals surface area contributed by atoms with Gasteiger partial charge in [0, 0.05) is 5.56 Å². The van der Waals surface area contributed by atoms with E-state index in [4.69, 9.17) is 9.15 Å². The Labute approximate surface area is 107 Å². The van der Waals surface area contributed by atoms with Crippen molar-refractivity contribution in [2.24, 2.45) is 0 Å². The molecule has 0 bridgehead atoms. The Kier molecular flexibility index (Phi) is 3.07. The highest BCUT2D eigenvalue weighted by atomic mass is 16.5. The summed E-state index contributed by atoms with van der Waals surface area (Å²) in [5.41, 5.74) is 2.41. The van der Waals surface area contributed by atoms with E-state index >= 15 is 0 Å². The zero-order valence-electron chi connectivity index (χ0n) is 10.5. The molecule has 1 aromatic carbocycles. The number of benzene rings is 1. The Morgan fingerprint density at radius 2 is 2.17 bits per heavy atom. The van der Waals surface area contributed by atoms with Gasteiger partial charge in [0.05, 0.1) is 13.2 Å². The zero-order valence-corrected chi connectivity index (χ0v) is 10.5. The fraction of sp³-hybridized carbons (Fsp3) is 0.333. The van der Waals surface area contributed by atoms with Gasteiger partial charge in [-0.25, -0.2) is 0 Å². The highest BCUT2D eigenvalue weighted by Crippen LogP contribution is 2.30. The van der Waals surface area contributed by atoms with Gasteiger partial charge >= 0.3 is 0 Å². The standard InChI is InChI=1S/C15H17NO2/c1-16-10-13-5-7-15(18-13)12-4-6-14-11(9-12)3-2-8-17-14/h4-7,9,16H,2-3,8,10H2,1H3. The monoisotopic (exact) mass is 243 g/mol. The smallest absolute Gasteiger partial charge is 0.134 e. The highest BCUT2D eigenvalue weighted by molar-refractivity contribution is 5.61. The molecule has 0 saturated carbocycles. The van der Waals surface area contributed by atoms with E-state index in [9.17, 15) is 0 Å². The van der Waals surface area contributed by atoms with E-state index in [1.54, 1.807) is 0 Å². The minimum atomic E-state index is 0.758. The fourth-order valence-electron chi connectivity index (χ4n) is 2.32. The Bertz CT molecular complexity index is 545. The second-order valence-electron chi connectivity index (χ2n) is 4.57. The average molecular weight is 243 g/mol. The van der Waals surface area contributed by atoms with E-state index in [1.807, 2.05) is 25.2 Å². The van der Waals surface area contributed by atoms with Crippen LogP contribution in [0.2, 0.25) is 0 Å². The van der Waals surface area contributed by atoms with Gasteiger partial charge in [-0.05, 0) is 55.8 Å². The van der Waals surface area contributed by atoms with Crippen LogP contribution in [-0.4, -0.2) is 13.7 Å². The topological polar surface area (TPSA) is 34.4 Å². The third kappa shape index (κ3) is 2.14. The maximum Gasteiger partial charge on any atom is 0.134 e. The number of hydrogen-bond donors (Lipinski definition) is 1. The van der Waals surface area contributed by atoms with Crippen LogP contribution >= 0.6 is 0 Å². The molecular weight excluding hydrogens is 226 g/mol. The summed E-state index contributed by atoms with van der Waals surface area (Å²) in [7, 11) is 1.92. The van der Waals surface area contributed by atoms with Gasteiger partial charge in [-0.3, -0.25) is 0 Å². The van der Waals surface area contributed by atoms with Crippen LogP contribution in [0.1, 0.15) is 17.7 Å². The van der Waals surface area contributed by atoms with E-state index in [1.165, 1.54) is 5.56 Å². The van der Waals surface area contributed by atoms with Crippen molar-refractivity contribution in [1.82, 2.24) is 5.32 Å². The van der Waals surface area contributed by atoms with Crippen molar-refractivity contribution in [3.05, 3.63) is 41.7 Å². The lowest BCUT2D eigenvalue weighted by Gasteiger charge is -2.17. The molecule has 0 atom stereocenters. The molecule has 3 rings (SSSR count). The van der Waals surface area contributed by atoms with Crippen LogP contribution < -0.4 is 10.1 Å². The molecule has 0 unspecified atom stereocenters. The molecule has 3 nitrogen and oxygen atoms in total. The van der Waals surface area contributed by atoms with Crippen LogP contribution in [0.4, 0.5) is 0 Å². The highest BCUT2D eigenvalue weighted by Gasteiger charge is 2.12. The molecule has 94 valence electrons. The lowest BCUT2D eigenvalue weighted by molar-refractivity contribution is 0.288. The van der Waals surface area contributed by atoms with E-state index in [0.717, 1.165) is 48.8 Å². The first-order valence-electron chi connectivity index (χ1n) is 6.36. The van der Waals surface area contributed by atoms with E-state index < -0.39 is 0 Å². The third-order valence-electron chi connectivity index (χ3n) is 3.21. The molecule has 1 aliphatic rings. The lowest BCUT2D eigenvalue weighted by atomic mass is 10.0. The molecule has 0 spiro atoms. The Balaban J connectivity index is 1.91. The molecule has 0 fully saturated rings. The van der Waals surface area contributed by atoms with Crippen molar-refractivity contribution in [3.63, 3.8) is 0 Å². The predicted octanol–water partition coefficient (Wildman–Crippen LogP) is 2.99. The molecule has 1 N–H and O–H groups in total. The van der Waals surface area contributed by atoms with Gasteiger partial charge in [-0.1, -0.05) is 0 Å². The first-order chi connectivity index (χ1) is 8.86. The predicted molar refractivity (Wildman–Crippen MR) is 70.7 cm³/mol. The van der Waals surface area contributed by atoms with Gasteiger partial charge in [0.1, 0.15) is 17.3 Å². The molecular formula is C15H17NO2. The Morgan fingerprint density at radius 3 is 3.06 bits per heavy atom. The maximum absolute atomic E-state index is 5.80. The van der Waals surface area contributed by atoms with Gasteiger partial charge in [-0.15, -0.1) is 0 Å². The van der Waals surface area contributed by atoms with Gasteiger partial charge in [-0.2, -0.15) is 0 Å². The average Bonchev–Trinajstić information content (AvgIpc) is 2.87. The van der Waals surface area contributed by atoms with Crippen LogP contribution in [0.3, 0.4) is 0 Å². The van der Waals surface area contributed by atoms with Crippen molar-refractivity contribution in [3.8, 4) is 17.1 Å². The molecule has 0 saturated heterocycles. The molecule has 2 heterocycles. The summed E-state index contributed by atoms with van der Waals surface area (Å²) in [5.74, 6) is 2.90. The molecule has 2 aromatic rings. The summed E-state index contributed by atoms with van der Waals surface area (Å²) < 4.78 is 11.4. The van der Waals surface area contributed by atoms with Crippen LogP contribution in [0, 0.1) is 0 Å². The summed E-state index contributed by atoms with van der Waals surface area (Å²) in [6.45, 7) is 1.59. The number of furan rings is 1. The summed E-state index contributed by atoms with van der Waals surface area (Å²) in [5, 5.41) is 3.08. The van der Waals surface area contributed by atoms with Crippen LogP contribution in [0.5, 0.6) is 5.75 Å². The molecule has 18 heavy (non-hydrogen) atoms. The SMILES string of the molecule is CNCc1ccc(-c2ccc3c(c2)CCCO3)o1. The van der Waals surface area contributed by atoms with Gasteiger partial charge in [0.2, 0.25) is 0 Å². The van der Waals surface area contributed by atoms with Gasteiger partial charge in [0.15, 0.2) is 0 Å². The van der Waals surface area contributed by atoms with Crippen LogP contribution in [-0.2, 0) is 13.0 Å². The molecule has 0 amide bonds. The van der Waals surface area contributed by atoms with Crippen molar-refractivity contribution in [2.75, 3.05) is 13.7 Å². The van der Waals surface area contributed by atoms with Crippen molar-refractivity contribution < 1.29 is 9.15 Å². The van der Waals surface area contributed by atoms with Crippen molar-refractivity contribution in [2.45, 2.75) is 19.4 Å². The molecule has 3 heteroatoms. The molecule has 1 aliphatic heterocycles. The minimum Gasteiger partial charge on any atom is -0.493 e. The largest absolute Gasteiger partial charge is 0.493 e. The van der Waals surface area contributed by atoms with E-state index in [-0.39, 0.29) is 0 Å². The van der Waals surface area contributed by atoms with E-state index in [2.05, 4.69) is 17.4 Å². The van der Waals surface area contributed by atoms with E-state index in [0.29, 0.717) is 0 Å². The van der Waals surface area contributed by atoms with Crippen LogP contribution in [0.15, 0.2) is 34.7 Å². The summed E-state index contributed by atoms with van der Waals surface area (Å²) in [6.07, 6.45) is 2.19. The zero-order chi connectivity index (χ0) is 12.4. The Morgan fingerprint density at radius 1 is 1.22 bits per heavy atom. The number of hydrogen-bond acceptors (Lipinski definition) is 3. The second kappa shape index (κ2) is 4.86. The van der Waals surface area contributed by atoms with Gasteiger partial charge < -0.3 is 14.5 Å². The Hall–Kier alpha value is -1.74. The summed E-state index contributed by atoms with van der Waals surface area (Å²) in [4.78, 5) is 0. The minimum absolute atomic E-state index is 0.758. The molecule has 0 radical (unpaired) electrons. The number of fused-ring (bicyclic) bond motifs is 1. The van der Waals surface area contributed by atoms with Crippen LogP contribution in [0.25, 0.3) is 11.3 Å². The first-order valence-corrected chi connectivity index (χ1v) is 6.36. The van der Waals surface area contributed by atoms with Crippen molar-refractivity contribution >= 4 is 0 Å². The quantitative estimate of drug-likeness (QED) is 0.900. The molecule has 1 aromatic heterocycles. The second-order valence-corrected chi connectivity index (χ2v) is 4.57. The fourth-order valence-corrected chi connectivity index (χ4v) is 2.32. The van der Waals surface area contributed by atoms with Gasteiger partial charge in [0.25, 0.3) is 0 Å². The van der Waals surface area contributed by atoms with Crippen molar-refractivity contribution in [1.29, 1.82) is 0 Å².